The van der Waals surface area contributed by atoms with Gasteiger partial charge in [0.1, 0.15) is 9.84 Å². The number of likely N-dealkylation sites (tertiary alicyclic amines) is 1. The minimum Gasteiger partial charge on any atom is -0.299 e. The second-order valence-electron chi connectivity index (χ2n) is 5.64. The maximum Gasteiger partial charge on any atom is 0.147 e. The van der Waals surface area contributed by atoms with Gasteiger partial charge < -0.3 is 0 Å². The molecule has 0 spiro atoms. The highest BCUT2D eigenvalue weighted by Crippen LogP contribution is 2.20. The van der Waals surface area contributed by atoms with Gasteiger partial charge in [0.05, 0.1) is 17.4 Å². The third-order valence-electron chi connectivity index (χ3n) is 3.63. The Morgan fingerprint density at radius 3 is 2.65 bits per heavy atom. The van der Waals surface area contributed by atoms with E-state index >= 15 is 0 Å². The van der Waals surface area contributed by atoms with Gasteiger partial charge in [0, 0.05) is 19.3 Å². The fourth-order valence-corrected chi connectivity index (χ4v) is 3.93. The van der Waals surface area contributed by atoms with Gasteiger partial charge in [-0.1, -0.05) is 12.1 Å². The molecule has 1 aromatic carbocycles. The molecule has 1 saturated heterocycles. The molecule has 0 radical (unpaired) electrons. The van der Waals surface area contributed by atoms with Crippen LogP contribution in [-0.2, 0) is 16.4 Å². The fraction of sp³-hybridized carbons (Fsp3) is 0.533. The Bertz CT molecular complexity index is 587. The summed E-state index contributed by atoms with van der Waals surface area (Å²) >= 11 is 0. The van der Waals surface area contributed by atoms with Crippen LogP contribution < -0.4 is 0 Å². The van der Waals surface area contributed by atoms with E-state index in [1.165, 1.54) is 11.8 Å². The number of hydrogen-bond acceptors (Lipinski definition) is 4. The molecule has 2 rings (SSSR count). The van der Waals surface area contributed by atoms with Gasteiger partial charge in [0.25, 0.3) is 0 Å². The van der Waals surface area contributed by atoms with Gasteiger partial charge in [0.2, 0.25) is 0 Å². The average Bonchev–Trinajstić information content (AvgIpc) is 2.38. The van der Waals surface area contributed by atoms with Crippen molar-refractivity contribution in [3.8, 4) is 6.07 Å². The maximum atomic E-state index is 11.4. The monoisotopic (exact) mass is 292 g/mol. The van der Waals surface area contributed by atoms with Crippen molar-refractivity contribution in [1.29, 1.82) is 5.26 Å². The van der Waals surface area contributed by atoms with Crippen LogP contribution in [0, 0.1) is 17.2 Å². The van der Waals surface area contributed by atoms with Gasteiger partial charge in [-0.2, -0.15) is 5.26 Å². The summed E-state index contributed by atoms with van der Waals surface area (Å²) < 4.78 is 22.8. The number of nitrogens with zero attached hydrogens (tertiary/aromatic N) is 2. The first-order valence-electron chi connectivity index (χ1n) is 6.85. The molecular weight excluding hydrogens is 272 g/mol. The summed E-state index contributed by atoms with van der Waals surface area (Å²) in [5.41, 5.74) is 1.84. The van der Waals surface area contributed by atoms with E-state index < -0.39 is 9.84 Å². The normalized spacial score (nSPS) is 20.5. The van der Waals surface area contributed by atoms with Gasteiger partial charge in [-0.25, -0.2) is 8.42 Å². The van der Waals surface area contributed by atoms with Gasteiger partial charge in [-0.15, -0.1) is 0 Å². The highest BCUT2D eigenvalue weighted by atomic mass is 32.2. The predicted molar refractivity (Wildman–Crippen MR) is 78.9 cm³/mol. The summed E-state index contributed by atoms with van der Waals surface area (Å²) in [7, 11) is -2.89. The van der Waals surface area contributed by atoms with Crippen LogP contribution in [0.3, 0.4) is 0 Å². The summed E-state index contributed by atoms with van der Waals surface area (Å²) in [5.74, 6) is 0.536. The van der Waals surface area contributed by atoms with Gasteiger partial charge in [0.15, 0.2) is 0 Å². The zero-order chi connectivity index (χ0) is 14.6. The number of rotatable bonds is 4. The number of sulfone groups is 1. The lowest BCUT2D eigenvalue weighted by molar-refractivity contribution is 0.178. The fourth-order valence-electron chi connectivity index (χ4n) is 2.80. The van der Waals surface area contributed by atoms with Crippen molar-refractivity contribution in [2.45, 2.75) is 19.4 Å². The van der Waals surface area contributed by atoms with E-state index in [4.69, 9.17) is 5.26 Å². The lowest BCUT2D eigenvalue weighted by atomic mass is 9.99. The molecule has 0 amide bonds. The first-order chi connectivity index (χ1) is 9.46. The van der Waals surface area contributed by atoms with Crippen molar-refractivity contribution in [3.05, 3.63) is 35.4 Å². The molecule has 0 saturated carbocycles. The lowest BCUT2D eigenvalue weighted by Crippen LogP contribution is -2.37. The topological polar surface area (TPSA) is 61.2 Å². The molecule has 108 valence electrons. The van der Waals surface area contributed by atoms with Crippen LogP contribution in [0.1, 0.15) is 24.0 Å². The van der Waals surface area contributed by atoms with E-state index in [0.717, 1.165) is 32.5 Å². The lowest BCUT2D eigenvalue weighted by Gasteiger charge is -2.32. The first-order valence-corrected chi connectivity index (χ1v) is 8.91. The smallest absolute Gasteiger partial charge is 0.147 e. The number of hydrogen-bond donors (Lipinski definition) is 0. The van der Waals surface area contributed by atoms with Crippen molar-refractivity contribution in [1.82, 2.24) is 4.90 Å². The van der Waals surface area contributed by atoms with Crippen molar-refractivity contribution < 1.29 is 8.42 Å². The molecule has 1 unspecified atom stereocenters. The highest BCUT2D eigenvalue weighted by Gasteiger charge is 2.23. The second-order valence-corrected chi connectivity index (χ2v) is 7.83. The number of piperidine rings is 1. The van der Waals surface area contributed by atoms with E-state index in [1.807, 2.05) is 24.3 Å². The summed E-state index contributed by atoms with van der Waals surface area (Å²) in [6.45, 7) is 2.68. The van der Waals surface area contributed by atoms with Gasteiger partial charge in [-0.05, 0) is 43.0 Å². The Balaban J connectivity index is 1.94. The molecule has 0 aliphatic carbocycles. The average molecular weight is 292 g/mol. The van der Waals surface area contributed by atoms with Crippen LogP contribution in [-0.4, -0.2) is 38.4 Å². The molecule has 0 bridgehead atoms. The van der Waals surface area contributed by atoms with Crippen LogP contribution in [0.15, 0.2) is 24.3 Å². The van der Waals surface area contributed by atoms with Crippen molar-refractivity contribution in [2.24, 2.45) is 5.92 Å². The molecule has 1 heterocycles. The Labute approximate surface area is 120 Å². The molecule has 5 heteroatoms. The van der Waals surface area contributed by atoms with Crippen LogP contribution in [0.5, 0.6) is 0 Å². The largest absolute Gasteiger partial charge is 0.299 e. The second kappa shape index (κ2) is 6.38. The minimum absolute atomic E-state index is 0.247. The number of nitriles is 1. The van der Waals surface area contributed by atoms with E-state index in [9.17, 15) is 8.42 Å². The molecule has 4 nitrogen and oxygen atoms in total. The van der Waals surface area contributed by atoms with E-state index in [0.29, 0.717) is 5.56 Å². The van der Waals surface area contributed by atoms with Gasteiger partial charge in [-0.3, -0.25) is 4.90 Å². The predicted octanol–water partition coefficient (Wildman–Crippen LogP) is 1.81. The van der Waals surface area contributed by atoms with E-state index in [2.05, 4.69) is 11.0 Å². The van der Waals surface area contributed by atoms with Crippen LogP contribution in [0.4, 0.5) is 0 Å². The van der Waals surface area contributed by atoms with Crippen LogP contribution in [0.25, 0.3) is 0 Å². The highest BCUT2D eigenvalue weighted by molar-refractivity contribution is 7.90. The Kier molecular flexibility index (Phi) is 4.79. The molecule has 1 aliphatic rings. The van der Waals surface area contributed by atoms with E-state index in [-0.39, 0.29) is 11.7 Å². The molecule has 1 aliphatic heterocycles. The Hall–Kier alpha value is -1.38. The molecule has 0 aromatic heterocycles. The zero-order valence-corrected chi connectivity index (χ0v) is 12.6. The number of benzene rings is 1. The van der Waals surface area contributed by atoms with Crippen molar-refractivity contribution in [2.75, 3.05) is 25.1 Å². The minimum atomic E-state index is -2.89. The quantitative estimate of drug-likeness (QED) is 0.849. The summed E-state index contributed by atoms with van der Waals surface area (Å²) in [6.07, 6.45) is 3.36. The molecule has 1 fully saturated rings. The Morgan fingerprint density at radius 2 is 2.05 bits per heavy atom. The third-order valence-corrected chi connectivity index (χ3v) is 4.71. The maximum absolute atomic E-state index is 11.4. The SMILES string of the molecule is CS(=O)(=O)CC1CCCN(Cc2ccc(C#N)cc2)C1. The Morgan fingerprint density at radius 1 is 1.35 bits per heavy atom. The van der Waals surface area contributed by atoms with Crippen LogP contribution in [0.2, 0.25) is 0 Å². The molecule has 0 N–H and O–H groups in total. The van der Waals surface area contributed by atoms with E-state index in [1.54, 1.807) is 0 Å². The van der Waals surface area contributed by atoms with Crippen molar-refractivity contribution >= 4 is 9.84 Å². The van der Waals surface area contributed by atoms with Gasteiger partial charge >= 0.3 is 0 Å². The summed E-state index contributed by atoms with van der Waals surface area (Å²) in [6, 6.07) is 9.71. The third kappa shape index (κ3) is 4.62. The standard InChI is InChI=1S/C15H20N2O2S/c1-20(18,19)12-15-3-2-8-17(11-15)10-14-6-4-13(9-16)5-7-14/h4-7,15H,2-3,8,10-12H2,1H3. The zero-order valence-electron chi connectivity index (χ0n) is 11.7. The van der Waals surface area contributed by atoms with Crippen molar-refractivity contribution in [3.63, 3.8) is 0 Å². The first kappa shape index (κ1) is 15.0. The van der Waals surface area contributed by atoms with Crippen LogP contribution >= 0.6 is 0 Å². The summed E-state index contributed by atoms with van der Waals surface area (Å²) in [4.78, 5) is 2.31. The summed E-state index contributed by atoms with van der Waals surface area (Å²) in [5, 5.41) is 8.78. The molecule has 20 heavy (non-hydrogen) atoms. The molecule has 1 atom stereocenters. The molecular formula is C15H20N2O2S. The molecule has 1 aromatic rings.